The lowest BCUT2D eigenvalue weighted by atomic mass is 9.79. The van der Waals surface area contributed by atoms with Crippen LogP contribution < -0.4 is 5.32 Å². The minimum atomic E-state index is -0.351. The van der Waals surface area contributed by atoms with Gasteiger partial charge in [-0.05, 0) is 44.0 Å². The number of esters is 2. The van der Waals surface area contributed by atoms with Crippen molar-refractivity contribution in [2.24, 2.45) is 5.92 Å². The van der Waals surface area contributed by atoms with E-state index in [2.05, 4.69) is 17.5 Å². The first-order chi connectivity index (χ1) is 11.2. The van der Waals surface area contributed by atoms with Crippen LogP contribution in [0.4, 0.5) is 5.69 Å². The molecule has 0 amide bonds. The first-order valence-electron chi connectivity index (χ1n) is 8.06. The van der Waals surface area contributed by atoms with Crippen LogP contribution in [-0.4, -0.2) is 31.2 Å². The largest absolute Gasteiger partial charge is 0.464 e. The third kappa shape index (κ3) is 2.83. The summed E-state index contributed by atoms with van der Waals surface area (Å²) in [5.74, 6) is -0.290. The summed E-state index contributed by atoms with van der Waals surface area (Å²) >= 11 is 0. The fourth-order valence-electron chi connectivity index (χ4n) is 3.40. The molecule has 2 aliphatic rings. The van der Waals surface area contributed by atoms with Gasteiger partial charge in [0.1, 0.15) is 6.04 Å². The summed E-state index contributed by atoms with van der Waals surface area (Å²) in [5.41, 5.74) is 2.46. The second kappa shape index (κ2) is 6.44. The van der Waals surface area contributed by atoms with Gasteiger partial charge >= 0.3 is 11.9 Å². The van der Waals surface area contributed by atoms with Gasteiger partial charge in [0.25, 0.3) is 0 Å². The van der Waals surface area contributed by atoms with Gasteiger partial charge < -0.3 is 14.8 Å². The van der Waals surface area contributed by atoms with Gasteiger partial charge in [-0.1, -0.05) is 12.2 Å². The lowest BCUT2D eigenvalue weighted by Crippen LogP contribution is -2.43. The van der Waals surface area contributed by atoms with Crippen molar-refractivity contribution in [2.45, 2.75) is 32.2 Å². The van der Waals surface area contributed by atoms with E-state index in [1.54, 1.807) is 13.0 Å². The minimum Gasteiger partial charge on any atom is -0.464 e. The zero-order valence-electron chi connectivity index (χ0n) is 13.4. The predicted molar refractivity (Wildman–Crippen MR) is 86.4 cm³/mol. The zero-order chi connectivity index (χ0) is 16.4. The maximum absolute atomic E-state index is 12.2. The van der Waals surface area contributed by atoms with Crippen molar-refractivity contribution in [1.29, 1.82) is 0 Å². The summed E-state index contributed by atoms with van der Waals surface area (Å²) in [7, 11) is 0. The smallest absolute Gasteiger partial charge is 0.338 e. The summed E-state index contributed by atoms with van der Waals surface area (Å²) in [6, 6.07) is 5.09. The van der Waals surface area contributed by atoms with Crippen LogP contribution in [0.1, 0.15) is 42.1 Å². The highest BCUT2D eigenvalue weighted by Gasteiger charge is 2.41. The molecule has 0 bridgehead atoms. The number of hydrogen-bond acceptors (Lipinski definition) is 5. The maximum Gasteiger partial charge on any atom is 0.338 e. The Balaban J connectivity index is 1.93. The molecule has 0 saturated heterocycles. The Morgan fingerprint density at radius 3 is 2.74 bits per heavy atom. The summed E-state index contributed by atoms with van der Waals surface area (Å²) < 4.78 is 10.3. The molecule has 0 aromatic heterocycles. The standard InChI is InChI=1S/C18H21NO4/c1-3-22-17(20)11-8-9-15-14(10-11)12-6-5-7-13(12)16(19-15)18(21)23-4-2/h5-6,8-10,12-13,16,19H,3-4,7H2,1-2H3/t12-,13+,16-/m1/s1. The quantitative estimate of drug-likeness (QED) is 0.683. The fraction of sp³-hybridized carbons (Fsp3) is 0.444. The van der Waals surface area contributed by atoms with Crippen molar-refractivity contribution in [3.63, 3.8) is 0 Å². The number of ether oxygens (including phenoxy) is 2. The van der Waals surface area contributed by atoms with Gasteiger partial charge in [-0.15, -0.1) is 0 Å². The molecule has 5 nitrogen and oxygen atoms in total. The van der Waals surface area contributed by atoms with Crippen molar-refractivity contribution < 1.29 is 19.1 Å². The van der Waals surface area contributed by atoms with Gasteiger partial charge in [-0.2, -0.15) is 0 Å². The Morgan fingerprint density at radius 2 is 2.00 bits per heavy atom. The Morgan fingerprint density at radius 1 is 1.22 bits per heavy atom. The first kappa shape index (κ1) is 15.6. The van der Waals surface area contributed by atoms with Crippen molar-refractivity contribution in [1.82, 2.24) is 0 Å². The van der Waals surface area contributed by atoms with Crippen LogP contribution in [0.2, 0.25) is 0 Å². The van der Waals surface area contributed by atoms with Crippen LogP contribution >= 0.6 is 0 Å². The number of fused-ring (bicyclic) bond motifs is 3. The highest BCUT2D eigenvalue weighted by atomic mass is 16.5. The summed E-state index contributed by atoms with van der Waals surface area (Å²) in [6.07, 6.45) is 5.03. The monoisotopic (exact) mass is 315 g/mol. The number of carbonyl (C=O) groups excluding carboxylic acids is 2. The Hall–Kier alpha value is -2.30. The van der Waals surface area contributed by atoms with E-state index in [0.717, 1.165) is 17.7 Å². The van der Waals surface area contributed by atoms with Crippen LogP contribution in [0.25, 0.3) is 0 Å². The second-order valence-electron chi connectivity index (χ2n) is 5.75. The highest BCUT2D eigenvalue weighted by molar-refractivity contribution is 5.91. The third-order valence-electron chi connectivity index (χ3n) is 4.41. The molecular weight excluding hydrogens is 294 g/mol. The maximum atomic E-state index is 12.2. The lowest BCUT2D eigenvalue weighted by Gasteiger charge is -2.35. The Labute approximate surface area is 135 Å². The van der Waals surface area contributed by atoms with Gasteiger partial charge in [0, 0.05) is 17.5 Å². The lowest BCUT2D eigenvalue weighted by molar-refractivity contribution is -0.145. The van der Waals surface area contributed by atoms with Crippen molar-refractivity contribution in [3.8, 4) is 0 Å². The molecule has 0 fully saturated rings. The number of benzene rings is 1. The number of anilines is 1. The average Bonchev–Trinajstić information content (AvgIpc) is 3.04. The van der Waals surface area contributed by atoms with Crippen LogP contribution in [-0.2, 0) is 14.3 Å². The molecule has 0 saturated carbocycles. The topological polar surface area (TPSA) is 64.6 Å². The Kier molecular flexibility index (Phi) is 4.37. The summed E-state index contributed by atoms with van der Waals surface area (Å²) in [6.45, 7) is 4.32. The average molecular weight is 315 g/mol. The second-order valence-corrected chi connectivity index (χ2v) is 5.75. The number of carbonyl (C=O) groups is 2. The van der Waals surface area contributed by atoms with E-state index >= 15 is 0 Å². The SMILES string of the molecule is CCOC(=O)c1ccc2c(c1)[C@@H]1C=CC[C@@H]1[C@H](C(=O)OCC)N2. The summed E-state index contributed by atoms with van der Waals surface area (Å²) in [4.78, 5) is 24.2. The number of allylic oxidation sites excluding steroid dienone is 2. The molecular formula is C18H21NO4. The molecule has 1 aromatic carbocycles. The van der Waals surface area contributed by atoms with Crippen LogP contribution in [0.5, 0.6) is 0 Å². The van der Waals surface area contributed by atoms with Crippen LogP contribution in [0.15, 0.2) is 30.4 Å². The third-order valence-corrected chi connectivity index (χ3v) is 4.41. The van der Waals surface area contributed by atoms with Crippen molar-refractivity contribution >= 4 is 17.6 Å². The molecule has 0 unspecified atom stereocenters. The van der Waals surface area contributed by atoms with Gasteiger partial charge in [0.2, 0.25) is 0 Å². The minimum absolute atomic E-state index is 0.120. The molecule has 1 heterocycles. The molecule has 1 aliphatic heterocycles. The van der Waals surface area contributed by atoms with E-state index in [4.69, 9.17) is 9.47 Å². The molecule has 1 aliphatic carbocycles. The number of hydrogen-bond donors (Lipinski definition) is 1. The van der Waals surface area contributed by atoms with E-state index < -0.39 is 0 Å². The van der Waals surface area contributed by atoms with Gasteiger partial charge in [0.05, 0.1) is 18.8 Å². The predicted octanol–water partition coefficient (Wildman–Crippen LogP) is 2.88. The van der Waals surface area contributed by atoms with Gasteiger partial charge in [0.15, 0.2) is 0 Å². The van der Waals surface area contributed by atoms with Gasteiger partial charge in [-0.3, -0.25) is 0 Å². The Bertz CT molecular complexity index is 652. The van der Waals surface area contributed by atoms with Crippen molar-refractivity contribution in [3.05, 3.63) is 41.5 Å². The first-order valence-corrected chi connectivity index (χ1v) is 8.06. The number of nitrogens with one attached hydrogen (secondary N) is 1. The fourth-order valence-corrected chi connectivity index (χ4v) is 3.40. The van der Waals surface area contributed by atoms with Crippen LogP contribution in [0.3, 0.4) is 0 Å². The molecule has 1 N–H and O–H groups in total. The van der Waals surface area contributed by atoms with Gasteiger partial charge in [-0.25, -0.2) is 9.59 Å². The van der Waals surface area contributed by atoms with E-state index in [1.807, 2.05) is 19.1 Å². The van der Waals surface area contributed by atoms with Crippen LogP contribution in [0, 0.1) is 5.92 Å². The van der Waals surface area contributed by atoms with E-state index in [1.165, 1.54) is 0 Å². The molecule has 1 aromatic rings. The molecule has 23 heavy (non-hydrogen) atoms. The molecule has 3 atom stereocenters. The molecule has 5 heteroatoms. The molecule has 122 valence electrons. The van der Waals surface area contributed by atoms with E-state index in [0.29, 0.717) is 18.8 Å². The zero-order valence-corrected chi connectivity index (χ0v) is 13.4. The molecule has 0 radical (unpaired) electrons. The van der Waals surface area contributed by atoms with E-state index in [-0.39, 0.29) is 29.8 Å². The van der Waals surface area contributed by atoms with E-state index in [9.17, 15) is 9.59 Å². The normalized spacial score (nSPS) is 24.3. The van der Waals surface area contributed by atoms with Crippen molar-refractivity contribution in [2.75, 3.05) is 18.5 Å². The molecule has 3 rings (SSSR count). The summed E-state index contributed by atoms with van der Waals surface area (Å²) in [5, 5.41) is 3.28. The molecule has 0 spiro atoms. The number of rotatable bonds is 4. The highest BCUT2D eigenvalue weighted by Crippen LogP contribution is 2.45.